The number of hydrogen-bond acceptors (Lipinski definition) is 9. The third-order valence-electron chi connectivity index (χ3n) is 6.36. The molecule has 1 unspecified atom stereocenters. The van der Waals surface area contributed by atoms with E-state index in [9.17, 15) is 14.7 Å². The van der Waals surface area contributed by atoms with Crippen molar-refractivity contribution in [2.24, 2.45) is 0 Å². The maximum Gasteiger partial charge on any atom is 0.295 e. The average molecular weight is 513 g/mol. The van der Waals surface area contributed by atoms with Gasteiger partial charge < -0.3 is 38.6 Å². The van der Waals surface area contributed by atoms with Crippen molar-refractivity contribution in [2.75, 3.05) is 61.7 Å². The van der Waals surface area contributed by atoms with Gasteiger partial charge in [-0.2, -0.15) is 0 Å². The van der Waals surface area contributed by atoms with Gasteiger partial charge in [0.1, 0.15) is 19.0 Å². The highest BCUT2D eigenvalue weighted by atomic mass is 16.6. The predicted molar refractivity (Wildman–Crippen MR) is 136 cm³/mol. The van der Waals surface area contributed by atoms with E-state index in [2.05, 4.69) is 0 Å². The van der Waals surface area contributed by atoms with Crippen LogP contribution in [0.5, 0.6) is 28.7 Å². The summed E-state index contributed by atoms with van der Waals surface area (Å²) in [6, 6.07) is 7.42. The van der Waals surface area contributed by atoms with Crippen LogP contribution in [-0.2, 0) is 9.59 Å². The molecule has 1 N–H and O–H groups in total. The molecule has 1 saturated heterocycles. The van der Waals surface area contributed by atoms with Crippen LogP contribution in [0, 0.1) is 0 Å². The van der Waals surface area contributed by atoms with Crippen LogP contribution in [0.2, 0.25) is 0 Å². The number of fused-ring (bicyclic) bond motifs is 1. The van der Waals surface area contributed by atoms with Crippen molar-refractivity contribution < 1.29 is 38.4 Å². The van der Waals surface area contributed by atoms with Gasteiger partial charge in [0.05, 0.1) is 32.9 Å². The van der Waals surface area contributed by atoms with Crippen LogP contribution in [0.25, 0.3) is 5.76 Å². The maximum atomic E-state index is 13.4. The zero-order valence-electron chi connectivity index (χ0n) is 21.7. The summed E-state index contributed by atoms with van der Waals surface area (Å²) in [5.74, 6) is 0.375. The summed E-state index contributed by atoms with van der Waals surface area (Å²) in [6.07, 6.45) is 0.630. The molecule has 10 nitrogen and oxygen atoms in total. The molecule has 0 spiro atoms. The number of ether oxygens (including phenoxy) is 5. The molecular formula is C27H32N2O8. The largest absolute Gasteiger partial charge is 0.507 e. The van der Waals surface area contributed by atoms with Gasteiger partial charge in [0, 0.05) is 12.1 Å². The lowest BCUT2D eigenvalue weighted by molar-refractivity contribution is -0.139. The summed E-state index contributed by atoms with van der Waals surface area (Å²) in [6.45, 7) is 1.82. The second kappa shape index (κ2) is 11.0. The van der Waals surface area contributed by atoms with E-state index in [4.69, 9.17) is 23.7 Å². The van der Waals surface area contributed by atoms with Crippen LogP contribution in [0.1, 0.15) is 23.6 Å². The topological polar surface area (TPSA) is 107 Å². The minimum absolute atomic E-state index is 0.0270. The number of ketones is 1. The number of aliphatic hydroxyl groups is 1. The van der Waals surface area contributed by atoms with Gasteiger partial charge in [-0.05, 0) is 63.0 Å². The Morgan fingerprint density at radius 2 is 1.65 bits per heavy atom. The summed E-state index contributed by atoms with van der Waals surface area (Å²) < 4.78 is 27.7. The first-order valence-corrected chi connectivity index (χ1v) is 11.9. The van der Waals surface area contributed by atoms with Gasteiger partial charge in [-0.25, -0.2) is 0 Å². The summed E-state index contributed by atoms with van der Waals surface area (Å²) in [7, 11) is 8.35. The van der Waals surface area contributed by atoms with Crippen molar-refractivity contribution in [1.29, 1.82) is 0 Å². The second-order valence-corrected chi connectivity index (χ2v) is 8.97. The summed E-state index contributed by atoms with van der Waals surface area (Å²) >= 11 is 0. The van der Waals surface area contributed by atoms with Gasteiger partial charge in [-0.3, -0.25) is 9.59 Å². The Bertz CT molecular complexity index is 1200. The number of likely N-dealkylation sites (tertiary alicyclic amines) is 1. The molecule has 10 heteroatoms. The molecular weight excluding hydrogens is 480 g/mol. The molecule has 0 aliphatic carbocycles. The highest BCUT2D eigenvalue weighted by Gasteiger charge is 2.46. The van der Waals surface area contributed by atoms with Crippen molar-refractivity contribution in [2.45, 2.75) is 12.5 Å². The fourth-order valence-corrected chi connectivity index (χ4v) is 4.62. The van der Waals surface area contributed by atoms with Crippen LogP contribution >= 0.6 is 0 Å². The van der Waals surface area contributed by atoms with Crippen molar-refractivity contribution in [3.05, 3.63) is 47.0 Å². The number of aliphatic hydroxyl groups excluding tert-OH is 1. The van der Waals surface area contributed by atoms with E-state index in [0.29, 0.717) is 72.6 Å². The molecule has 37 heavy (non-hydrogen) atoms. The van der Waals surface area contributed by atoms with Crippen molar-refractivity contribution in [3.8, 4) is 28.7 Å². The molecule has 0 saturated carbocycles. The van der Waals surface area contributed by atoms with Gasteiger partial charge in [0.15, 0.2) is 23.0 Å². The Kier molecular flexibility index (Phi) is 7.77. The van der Waals surface area contributed by atoms with Crippen LogP contribution in [-0.4, -0.2) is 88.3 Å². The van der Waals surface area contributed by atoms with E-state index in [1.807, 2.05) is 19.0 Å². The van der Waals surface area contributed by atoms with Crippen molar-refractivity contribution in [1.82, 2.24) is 9.80 Å². The van der Waals surface area contributed by atoms with E-state index in [1.54, 1.807) is 30.3 Å². The fraction of sp³-hybridized carbons (Fsp3) is 0.407. The first-order valence-electron chi connectivity index (χ1n) is 11.9. The number of Topliss-reactive ketones (excluding diaryl/α,β-unsaturated/α-hetero) is 1. The summed E-state index contributed by atoms with van der Waals surface area (Å²) in [4.78, 5) is 30.1. The molecule has 0 radical (unpaired) electrons. The molecule has 2 aromatic rings. The Hall–Kier alpha value is -3.92. The maximum absolute atomic E-state index is 13.4. The zero-order chi connectivity index (χ0) is 26.7. The van der Waals surface area contributed by atoms with E-state index < -0.39 is 17.7 Å². The number of nitrogens with zero attached hydrogens (tertiary/aromatic N) is 2. The average Bonchev–Trinajstić information content (AvgIpc) is 3.16. The predicted octanol–water partition coefficient (Wildman–Crippen LogP) is 2.86. The highest BCUT2D eigenvalue weighted by molar-refractivity contribution is 6.46. The standard InChI is InChI=1S/C27H32N2O8/c1-28(2)9-6-10-29-23(17-14-20(33-3)26(35-5)21(15-17)34-4)22(25(31)27(29)32)24(30)16-7-8-18-19(13-16)37-12-11-36-18/h7-8,13-15,23,30H,6,9-12H2,1-5H3. The molecule has 4 rings (SSSR count). The van der Waals surface area contributed by atoms with Gasteiger partial charge in [-0.1, -0.05) is 0 Å². The molecule has 1 fully saturated rings. The van der Waals surface area contributed by atoms with Crippen molar-refractivity contribution in [3.63, 3.8) is 0 Å². The second-order valence-electron chi connectivity index (χ2n) is 8.97. The SMILES string of the molecule is COc1cc(C2C(=C(O)c3ccc4c(c3)OCCO4)C(=O)C(=O)N2CCCN(C)C)cc(OC)c1OC. The summed E-state index contributed by atoms with van der Waals surface area (Å²) in [5, 5.41) is 11.4. The Morgan fingerprint density at radius 1 is 1.00 bits per heavy atom. The third-order valence-corrected chi connectivity index (χ3v) is 6.36. The normalized spacial score (nSPS) is 18.3. The Labute approximate surface area is 215 Å². The lowest BCUT2D eigenvalue weighted by atomic mass is 9.94. The monoisotopic (exact) mass is 512 g/mol. The van der Waals surface area contributed by atoms with E-state index in [-0.39, 0.29) is 11.3 Å². The molecule has 2 aromatic carbocycles. The van der Waals surface area contributed by atoms with E-state index >= 15 is 0 Å². The smallest absolute Gasteiger partial charge is 0.295 e. The molecule has 1 atom stereocenters. The lowest BCUT2D eigenvalue weighted by Gasteiger charge is -2.27. The number of amides is 1. The fourth-order valence-electron chi connectivity index (χ4n) is 4.62. The van der Waals surface area contributed by atoms with Crippen LogP contribution in [0.3, 0.4) is 0 Å². The highest BCUT2D eigenvalue weighted by Crippen LogP contribution is 2.46. The third kappa shape index (κ3) is 5.01. The number of methoxy groups -OCH3 is 3. The first kappa shape index (κ1) is 26.2. The minimum atomic E-state index is -0.871. The number of hydrogen-bond donors (Lipinski definition) is 1. The van der Waals surface area contributed by atoms with Gasteiger partial charge in [-0.15, -0.1) is 0 Å². The number of carbonyl (C=O) groups is 2. The first-order chi connectivity index (χ1) is 17.8. The lowest BCUT2D eigenvalue weighted by Crippen LogP contribution is -2.32. The molecule has 0 bridgehead atoms. The van der Waals surface area contributed by atoms with Gasteiger partial charge in [0.25, 0.3) is 11.7 Å². The quantitative estimate of drug-likeness (QED) is 0.308. The molecule has 198 valence electrons. The van der Waals surface area contributed by atoms with E-state index in [0.717, 1.165) is 0 Å². The van der Waals surface area contributed by atoms with Crippen LogP contribution in [0.15, 0.2) is 35.9 Å². The summed E-state index contributed by atoms with van der Waals surface area (Å²) in [5.41, 5.74) is 0.853. The molecule has 2 heterocycles. The van der Waals surface area contributed by atoms with Crippen LogP contribution in [0.4, 0.5) is 0 Å². The minimum Gasteiger partial charge on any atom is -0.507 e. The number of benzene rings is 2. The number of carbonyl (C=O) groups excluding carboxylic acids is 2. The Balaban J connectivity index is 1.87. The Morgan fingerprint density at radius 3 is 2.24 bits per heavy atom. The van der Waals surface area contributed by atoms with Crippen LogP contribution < -0.4 is 23.7 Å². The van der Waals surface area contributed by atoms with Gasteiger partial charge >= 0.3 is 0 Å². The van der Waals surface area contributed by atoms with Gasteiger partial charge in [0.2, 0.25) is 5.75 Å². The molecule has 1 amide bonds. The molecule has 0 aromatic heterocycles. The molecule has 2 aliphatic heterocycles. The van der Waals surface area contributed by atoms with E-state index in [1.165, 1.54) is 26.2 Å². The molecule has 2 aliphatic rings. The van der Waals surface area contributed by atoms with Crippen molar-refractivity contribution >= 4 is 17.4 Å². The number of rotatable bonds is 9. The zero-order valence-corrected chi connectivity index (χ0v) is 21.7.